The molecule has 0 saturated carbocycles. The van der Waals surface area contributed by atoms with E-state index in [4.69, 9.17) is 0 Å². The van der Waals surface area contributed by atoms with Gasteiger partial charge in [-0.1, -0.05) is 24.3 Å². The number of rotatable bonds is 1. The summed E-state index contributed by atoms with van der Waals surface area (Å²) >= 11 is 0. The molecule has 82 valence electrons. The molecule has 1 heterocycles. The Kier molecular flexibility index (Phi) is 2.79. The van der Waals surface area contributed by atoms with Crippen LogP contribution in [0.15, 0.2) is 43.0 Å². The summed E-state index contributed by atoms with van der Waals surface area (Å²) in [4.78, 5) is 16.0. The molecular weight excluding hydrogens is 224 g/mol. The zero-order chi connectivity index (χ0) is 10.3. The van der Waals surface area contributed by atoms with E-state index < -0.39 is 0 Å². The van der Waals surface area contributed by atoms with E-state index in [2.05, 4.69) is 4.98 Å². The molecule has 1 aromatic carbocycles. The van der Waals surface area contributed by atoms with Gasteiger partial charge in [0.05, 0.1) is 6.33 Å². The Morgan fingerprint density at radius 2 is 2.12 bits per heavy atom. The minimum absolute atomic E-state index is 0. The van der Waals surface area contributed by atoms with Crippen LogP contribution in [0, 0.1) is 0 Å². The van der Waals surface area contributed by atoms with Crippen molar-refractivity contribution < 1.29 is 4.79 Å². The lowest BCUT2D eigenvalue weighted by molar-refractivity contribution is 0.0942. The Labute approximate surface area is 99.5 Å². The van der Waals surface area contributed by atoms with E-state index in [1.54, 1.807) is 12.5 Å². The summed E-state index contributed by atoms with van der Waals surface area (Å²) in [7, 11) is 0. The van der Waals surface area contributed by atoms with Gasteiger partial charge in [-0.3, -0.25) is 4.79 Å². The zero-order valence-corrected chi connectivity index (χ0v) is 9.35. The summed E-state index contributed by atoms with van der Waals surface area (Å²) in [5.41, 5.74) is 2.00. The first kappa shape index (κ1) is 10.9. The zero-order valence-electron chi connectivity index (χ0n) is 8.54. The van der Waals surface area contributed by atoms with Crippen molar-refractivity contribution in [2.45, 2.75) is 12.5 Å². The number of carbonyl (C=O) groups is 1. The van der Waals surface area contributed by atoms with E-state index in [1.807, 2.05) is 35.0 Å². The van der Waals surface area contributed by atoms with Crippen LogP contribution in [0.25, 0.3) is 0 Å². The van der Waals surface area contributed by atoms with Crippen LogP contribution in [0.4, 0.5) is 0 Å². The molecule has 1 aliphatic rings. The molecule has 2 aromatic rings. The van der Waals surface area contributed by atoms with Crippen LogP contribution in [0.2, 0.25) is 0 Å². The lowest BCUT2D eigenvalue weighted by Gasteiger charge is -2.08. The molecule has 0 bridgehead atoms. The van der Waals surface area contributed by atoms with Gasteiger partial charge in [0.2, 0.25) is 0 Å². The topological polar surface area (TPSA) is 34.9 Å². The Balaban J connectivity index is 0.000000963. The SMILES string of the molecule is Cl.O=C1c2ccccc2CC1n1ccnc1. The van der Waals surface area contributed by atoms with Gasteiger partial charge >= 0.3 is 0 Å². The maximum absolute atomic E-state index is 12.0. The van der Waals surface area contributed by atoms with E-state index in [9.17, 15) is 4.79 Å². The second-order valence-electron chi connectivity index (χ2n) is 3.75. The number of nitrogens with zero attached hydrogens (tertiary/aromatic N) is 2. The number of hydrogen-bond acceptors (Lipinski definition) is 2. The fourth-order valence-electron chi connectivity index (χ4n) is 2.11. The number of Topliss-reactive ketones (excluding diaryl/α,β-unsaturated/α-hetero) is 1. The van der Waals surface area contributed by atoms with Crippen molar-refractivity contribution in [3.8, 4) is 0 Å². The fraction of sp³-hybridized carbons (Fsp3) is 0.167. The third-order valence-electron chi connectivity index (χ3n) is 2.88. The quantitative estimate of drug-likeness (QED) is 0.759. The number of halogens is 1. The lowest BCUT2D eigenvalue weighted by Crippen LogP contribution is -2.13. The first-order valence-electron chi connectivity index (χ1n) is 4.96. The monoisotopic (exact) mass is 234 g/mol. The molecule has 0 radical (unpaired) electrons. The molecule has 3 rings (SSSR count). The van der Waals surface area contributed by atoms with Gasteiger partial charge in [-0.25, -0.2) is 4.98 Å². The van der Waals surface area contributed by atoms with Crippen molar-refractivity contribution in [3.63, 3.8) is 0 Å². The van der Waals surface area contributed by atoms with Crippen molar-refractivity contribution in [1.29, 1.82) is 0 Å². The highest BCUT2D eigenvalue weighted by molar-refractivity contribution is 6.03. The number of imidazole rings is 1. The number of fused-ring (bicyclic) bond motifs is 1. The number of hydrogen-bond donors (Lipinski definition) is 0. The third kappa shape index (κ3) is 1.53. The predicted molar refractivity (Wildman–Crippen MR) is 63.0 cm³/mol. The predicted octanol–water partition coefficient (Wildman–Crippen LogP) is 2.29. The van der Waals surface area contributed by atoms with Gasteiger partial charge in [-0.05, 0) is 5.56 Å². The van der Waals surface area contributed by atoms with Gasteiger partial charge in [0.1, 0.15) is 6.04 Å². The second-order valence-corrected chi connectivity index (χ2v) is 3.75. The largest absolute Gasteiger partial charge is 0.326 e. The highest BCUT2D eigenvalue weighted by Crippen LogP contribution is 2.29. The highest BCUT2D eigenvalue weighted by Gasteiger charge is 2.30. The van der Waals surface area contributed by atoms with Gasteiger partial charge in [0, 0.05) is 24.4 Å². The molecule has 4 heteroatoms. The van der Waals surface area contributed by atoms with Crippen molar-refractivity contribution >= 4 is 18.2 Å². The molecule has 0 saturated heterocycles. The highest BCUT2D eigenvalue weighted by atomic mass is 35.5. The molecule has 3 nitrogen and oxygen atoms in total. The first-order valence-corrected chi connectivity index (χ1v) is 4.96. The molecule has 0 N–H and O–H groups in total. The molecule has 16 heavy (non-hydrogen) atoms. The maximum atomic E-state index is 12.0. The van der Waals surface area contributed by atoms with Crippen LogP contribution in [0.5, 0.6) is 0 Å². The molecule has 1 unspecified atom stereocenters. The summed E-state index contributed by atoms with van der Waals surface area (Å²) in [6.45, 7) is 0. The van der Waals surface area contributed by atoms with Crippen molar-refractivity contribution in [1.82, 2.24) is 9.55 Å². The van der Waals surface area contributed by atoms with Crippen LogP contribution >= 0.6 is 12.4 Å². The number of ketones is 1. The number of carbonyl (C=O) groups excluding carboxylic acids is 1. The average Bonchev–Trinajstić information content (AvgIpc) is 2.87. The minimum Gasteiger partial charge on any atom is -0.326 e. The van der Waals surface area contributed by atoms with Crippen LogP contribution in [0.3, 0.4) is 0 Å². The summed E-state index contributed by atoms with van der Waals surface area (Å²) in [6, 6.07) is 7.71. The van der Waals surface area contributed by atoms with Gasteiger partial charge in [-0.15, -0.1) is 12.4 Å². The maximum Gasteiger partial charge on any atom is 0.186 e. The van der Waals surface area contributed by atoms with Crippen LogP contribution in [-0.2, 0) is 6.42 Å². The van der Waals surface area contributed by atoms with Gasteiger partial charge in [0.25, 0.3) is 0 Å². The Hall–Kier alpha value is -1.61. The first-order chi connectivity index (χ1) is 7.36. The normalized spacial score (nSPS) is 18.0. The summed E-state index contributed by atoms with van der Waals surface area (Å²) in [5.74, 6) is 0.198. The number of aromatic nitrogens is 2. The van der Waals surface area contributed by atoms with Crippen molar-refractivity contribution in [2.24, 2.45) is 0 Å². The molecule has 1 atom stereocenters. The Morgan fingerprint density at radius 3 is 2.81 bits per heavy atom. The minimum atomic E-state index is -0.0927. The average molecular weight is 235 g/mol. The number of benzene rings is 1. The van der Waals surface area contributed by atoms with Crippen LogP contribution in [0.1, 0.15) is 22.0 Å². The molecule has 0 fully saturated rings. The van der Waals surface area contributed by atoms with Gasteiger partial charge in [0.15, 0.2) is 5.78 Å². The molecule has 1 aromatic heterocycles. The van der Waals surface area contributed by atoms with E-state index in [1.165, 1.54) is 0 Å². The van der Waals surface area contributed by atoms with E-state index in [-0.39, 0.29) is 24.2 Å². The van der Waals surface area contributed by atoms with E-state index >= 15 is 0 Å². The molecular formula is C12H11ClN2O. The van der Waals surface area contributed by atoms with E-state index in [0.717, 1.165) is 17.5 Å². The Bertz CT molecular complexity index is 507. The van der Waals surface area contributed by atoms with Crippen LogP contribution in [-0.4, -0.2) is 15.3 Å². The summed E-state index contributed by atoms with van der Waals surface area (Å²) in [6.07, 6.45) is 6.03. The van der Waals surface area contributed by atoms with Gasteiger partial charge < -0.3 is 4.57 Å². The lowest BCUT2D eigenvalue weighted by atomic mass is 10.1. The van der Waals surface area contributed by atoms with Gasteiger partial charge in [-0.2, -0.15) is 0 Å². The van der Waals surface area contributed by atoms with E-state index in [0.29, 0.717) is 0 Å². The third-order valence-corrected chi connectivity index (χ3v) is 2.88. The smallest absolute Gasteiger partial charge is 0.186 e. The molecule has 0 spiro atoms. The molecule has 0 aliphatic heterocycles. The standard InChI is InChI=1S/C12H10N2O.ClH/c15-12-10-4-2-1-3-9(10)7-11(12)14-6-5-13-8-14;/h1-6,8,11H,7H2;1H. The fourth-order valence-corrected chi connectivity index (χ4v) is 2.11. The summed E-state index contributed by atoms with van der Waals surface area (Å²) < 4.78 is 1.88. The molecule has 0 amide bonds. The van der Waals surface area contributed by atoms with Crippen molar-refractivity contribution in [2.75, 3.05) is 0 Å². The summed E-state index contributed by atoms with van der Waals surface area (Å²) in [5, 5.41) is 0. The second kappa shape index (κ2) is 4.10. The molecule has 1 aliphatic carbocycles. The van der Waals surface area contributed by atoms with Crippen molar-refractivity contribution in [3.05, 3.63) is 54.1 Å². The Morgan fingerprint density at radius 1 is 1.31 bits per heavy atom. The van der Waals surface area contributed by atoms with Crippen LogP contribution < -0.4 is 0 Å².